The van der Waals surface area contributed by atoms with Gasteiger partial charge in [0.15, 0.2) is 5.16 Å². The first-order valence-corrected chi connectivity index (χ1v) is 9.03. The van der Waals surface area contributed by atoms with Gasteiger partial charge in [-0.2, -0.15) is 0 Å². The highest BCUT2D eigenvalue weighted by Crippen LogP contribution is 2.23. The Hall–Kier alpha value is -1.57. The van der Waals surface area contributed by atoms with Crippen LogP contribution in [0.2, 0.25) is 0 Å². The zero-order chi connectivity index (χ0) is 16.8. The summed E-state index contributed by atoms with van der Waals surface area (Å²) in [4.78, 5) is 24.1. The van der Waals surface area contributed by atoms with Crippen LogP contribution in [0.4, 0.5) is 4.79 Å². The highest BCUT2D eigenvalue weighted by atomic mass is 32.2. The summed E-state index contributed by atoms with van der Waals surface area (Å²) < 4.78 is 1.90. The topological polar surface area (TPSA) is 88.9 Å². The van der Waals surface area contributed by atoms with Crippen LogP contribution in [-0.2, 0) is 4.79 Å². The van der Waals surface area contributed by atoms with Crippen LogP contribution >= 0.6 is 11.8 Å². The van der Waals surface area contributed by atoms with Crippen LogP contribution in [-0.4, -0.2) is 38.0 Å². The van der Waals surface area contributed by atoms with Crippen molar-refractivity contribution in [3.63, 3.8) is 0 Å². The normalized spacial score (nSPS) is 17.0. The van der Waals surface area contributed by atoms with Crippen LogP contribution in [0.1, 0.15) is 58.9 Å². The predicted octanol–water partition coefficient (Wildman–Crippen LogP) is 2.50. The number of amides is 3. The Kier molecular flexibility index (Phi) is 6.44. The van der Waals surface area contributed by atoms with Gasteiger partial charge in [0.2, 0.25) is 5.91 Å². The summed E-state index contributed by atoms with van der Waals surface area (Å²) in [6.45, 7) is 5.80. The molecule has 0 unspecified atom stereocenters. The third kappa shape index (κ3) is 5.23. The van der Waals surface area contributed by atoms with E-state index in [-0.39, 0.29) is 18.0 Å². The largest absolute Gasteiger partial charge is 0.335 e. The van der Waals surface area contributed by atoms with Gasteiger partial charge >= 0.3 is 6.03 Å². The quantitative estimate of drug-likeness (QED) is 0.805. The molecule has 8 heteroatoms. The molecule has 0 spiro atoms. The molecule has 1 fully saturated rings. The van der Waals surface area contributed by atoms with E-state index in [2.05, 4.69) is 20.8 Å². The molecule has 1 aromatic heterocycles. The number of imide groups is 1. The lowest BCUT2D eigenvalue weighted by molar-refractivity contribution is -0.119. The van der Waals surface area contributed by atoms with Crippen molar-refractivity contribution in [1.82, 2.24) is 25.4 Å². The number of carbonyl (C=O) groups excluding carboxylic acids is 2. The minimum absolute atomic E-state index is 0.184. The molecule has 128 valence electrons. The van der Waals surface area contributed by atoms with Gasteiger partial charge in [0, 0.05) is 12.1 Å². The van der Waals surface area contributed by atoms with E-state index >= 15 is 0 Å². The molecule has 0 bridgehead atoms. The number of hydrogen-bond acceptors (Lipinski definition) is 5. The minimum atomic E-state index is -0.422. The van der Waals surface area contributed by atoms with E-state index in [1.807, 2.05) is 18.4 Å². The standard InChI is InChI=1S/C15H25N5O2S/c1-10(2)20-9-16-19-15(20)23-11(3)13(21)18-14(22)17-12-7-5-4-6-8-12/h9-12H,4-8H2,1-3H3,(H2,17,18,21,22)/t11-/m1/s1. The predicted molar refractivity (Wildman–Crippen MR) is 89.3 cm³/mol. The maximum absolute atomic E-state index is 12.2. The average molecular weight is 339 g/mol. The second kappa shape index (κ2) is 8.33. The molecule has 1 aliphatic carbocycles. The maximum Gasteiger partial charge on any atom is 0.321 e. The Morgan fingerprint density at radius 1 is 1.26 bits per heavy atom. The van der Waals surface area contributed by atoms with E-state index in [4.69, 9.17) is 0 Å². The highest BCUT2D eigenvalue weighted by molar-refractivity contribution is 8.00. The zero-order valence-electron chi connectivity index (χ0n) is 13.9. The van der Waals surface area contributed by atoms with E-state index in [0.29, 0.717) is 5.16 Å². The number of hydrogen-bond donors (Lipinski definition) is 2. The first-order valence-electron chi connectivity index (χ1n) is 8.15. The van der Waals surface area contributed by atoms with Gasteiger partial charge in [0.1, 0.15) is 6.33 Å². The van der Waals surface area contributed by atoms with Crippen molar-refractivity contribution < 1.29 is 9.59 Å². The Morgan fingerprint density at radius 3 is 2.61 bits per heavy atom. The number of carbonyl (C=O) groups is 2. The molecule has 1 heterocycles. The smallest absolute Gasteiger partial charge is 0.321 e. The van der Waals surface area contributed by atoms with Crippen molar-refractivity contribution in [2.75, 3.05) is 0 Å². The van der Waals surface area contributed by atoms with E-state index in [1.54, 1.807) is 13.3 Å². The summed E-state index contributed by atoms with van der Waals surface area (Å²) in [5, 5.41) is 13.5. The monoisotopic (exact) mass is 339 g/mol. The SMILES string of the molecule is CC(C)n1cnnc1S[C@H](C)C(=O)NC(=O)NC1CCCCC1. The fourth-order valence-corrected chi connectivity index (χ4v) is 3.52. The fourth-order valence-electron chi connectivity index (χ4n) is 2.56. The van der Waals surface area contributed by atoms with Crippen LogP contribution < -0.4 is 10.6 Å². The molecule has 2 rings (SSSR count). The lowest BCUT2D eigenvalue weighted by Gasteiger charge is -2.23. The third-order valence-electron chi connectivity index (χ3n) is 3.93. The number of aromatic nitrogens is 3. The first kappa shape index (κ1) is 17.8. The van der Waals surface area contributed by atoms with Crippen molar-refractivity contribution in [3.8, 4) is 0 Å². The Labute approximate surface area is 141 Å². The number of nitrogens with zero attached hydrogens (tertiary/aromatic N) is 3. The zero-order valence-corrected chi connectivity index (χ0v) is 14.7. The van der Waals surface area contributed by atoms with Gasteiger partial charge in [0.05, 0.1) is 5.25 Å². The molecular weight excluding hydrogens is 314 g/mol. The number of thioether (sulfide) groups is 1. The summed E-state index contributed by atoms with van der Waals surface area (Å²) in [7, 11) is 0. The third-order valence-corrected chi connectivity index (χ3v) is 5.00. The molecule has 0 aliphatic heterocycles. The molecule has 0 aromatic carbocycles. The molecule has 23 heavy (non-hydrogen) atoms. The van der Waals surface area contributed by atoms with Gasteiger partial charge in [-0.1, -0.05) is 31.0 Å². The van der Waals surface area contributed by atoms with Crippen molar-refractivity contribution >= 4 is 23.7 Å². The van der Waals surface area contributed by atoms with E-state index < -0.39 is 11.3 Å². The minimum Gasteiger partial charge on any atom is -0.335 e. The second-order valence-electron chi connectivity index (χ2n) is 6.17. The van der Waals surface area contributed by atoms with Gasteiger partial charge in [0.25, 0.3) is 0 Å². The van der Waals surface area contributed by atoms with Crippen molar-refractivity contribution in [2.24, 2.45) is 0 Å². The van der Waals surface area contributed by atoms with Crippen LogP contribution in [0, 0.1) is 0 Å². The second-order valence-corrected chi connectivity index (χ2v) is 7.48. The van der Waals surface area contributed by atoms with Crippen LogP contribution in [0.15, 0.2) is 11.5 Å². The lowest BCUT2D eigenvalue weighted by atomic mass is 9.96. The molecule has 7 nitrogen and oxygen atoms in total. The number of urea groups is 1. The molecule has 0 radical (unpaired) electrons. The summed E-state index contributed by atoms with van der Waals surface area (Å²) in [5.74, 6) is -0.318. The summed E-state index contributed by atoms with van der Waals surface area (Å²) in [5.41, 5.74) is 0. The number of rotatable bonds is 5. The lowest BCUT2D eigenvalue weighted by Crippen LogP contribution is -2.47. The van der Waals surface area contributed by atoms with Gasteiger partial charge in [-0.25, -0.2) is 4.79 Å². The van der Waals surface area contributed by atoms with Crippen LogP contribution in [0.25, 0.3) is 0 Å². The molecule has 2 N–H and O–H groups in total. The molecule has 3 amide bonds. The van der Waals surface area contributed by atoms with Crippen LogP contribution in [0.5, 0.6) is 0 Å². The molecular formula is C15H25N5O2S. The van der Waals surface area contributed by atoms with Gasteiger partial charge < -0.3 is 9.88 Å². The Balaban J connectivity index is 1.82. The Bertz CT molecular complexity index is 540. The van der Waals surface area contributed by atoms with Crippen LogP contribution in [0.3, 0.4) is 0 Å². The maximum atomic E-state index is 12.2. The van der Waals surface area contributed by atoms with Crippen molar-refractivity contribution in [3.05, 3.63) is 6.33 Å². The summed E-state index contributed by atoms with van der Waals surface area (Å²) in [6, 6.07) is 0.000543. The summed E-state index contributed by atoms with van der Waals surface area (Å²) in [6.07, 6.45) is 7.12. The van der Waals surface area contributed by atoms with Gasteiger partial charge in [-0.3, -0.25) is 10.1 Å². The van der Waals surface area contributed by atoms with E-state index in [9.17, 15) is 9.59 Å². The molecule has 0 saturated heterocycles. The summed E-state index contributed by atoms with van der Waals surface area (Å²) >= 11 is 1.30. The van der Waals surface area contributed by atoms with Gasteiger partial charge in [-0.15, -0.1) is 10.2 Å². The molecule has 1 aliphatic rings. The molecule has 1 atom stereocenters. The van der Waals surface area contributed by atoms with Crippen molar-refractivity contribution in [2.45, 2.75) is 75.4 Å². The first-order chi connectivity index (χ1) is 11.0. The fraction of sp³-hybridized carbons (Fsp3) is 0.733. The number of nitrogens with one attached hydrogen (secondary N) is 2. The van der Waals surface area contributed by atoms with E-state index in [1.165, 1.54) is 18.2 Å². The average Bonchev–Trinajstić information content (AvgIpc) is 2.96. The Morgan fingerprint density at radius 2 is 1.96 bits per heavy atom. The van der Waals surface area contributed by atoms with Gasteiger partial charge in [-0.05, 0) is 33.6 Å². The van der Waals surface area contributed by atoms with E-state index in [0.717, 1.165) is 25.7 Å². The molecule has 1 aromatic rings. The molecule has 1 saturated carbocycles. The van der Waals surface area contributed by atoms with Crippen molar-refractivity contribution in [1.29, 1.82) is 0 Å². The highest BCUT2D eigenvalue weighted by Gasteiger charge is 2.22.